The number of hydrogen-bond acceptors (Lipinski definition) is 5. The Hall–Kier alpha value is -3.32. The van der Waals surface area contributed by atoms with Crippen LogP contribution >= 0.6 is 0 Å². The van der Waals surface area contributed by atoms with E-state index in [1.54, 1.807) is 32.1 Å². The number of hydrogen-bond donors (Lipinski definition) is 1. The van der Waals surface area contributed by atoms with Crippen molar-refractivity contribution in [3.8, 4) is 28.4 Å². The summed E-state index contributed by atoms with van der Waals surface area (Å²) >= 11 is 0. The van der Waals surface area contributed by atoms with Crippen LogP contribution in [0.2, 0.25) is 0 Å². The van der Waals surface area contributed by atoms with Crippen LogP contribution in [0.5, 0.6) is 11.5 Å². The fourth-order valence-corrected chi connectivity index (χ4v) is 2.74. The Bertz CT molecular complexity index is 935. The second-order valence-electron chi connectivity index (χ2n) is 6.01. The van der Waals surface area contributed by atoms with Gasteiger partial charge in [0.25, 0.3) is 5.91 Å². The Labute approximate surface area is 163 Å². The predicted octanol–water partition coefficient (Wildman–Crippen LogP) is 2.93. The molecule has 0 bridgehead atoms. The van der Waals surface area contributed by atoms with Gasteiger partial charge in [0.15, 0.2) is 0 Å². The standard InChI is InChI=1S/C21H23N3O4/c1-26-12-11-22-21(25)20-14-19(15-5-4-6-18(13-15)28-3)23-24(20)16-7-9-17(27-2)10-8-16/h4-10,13-14H,11-12H2,1-3H3,(H,22,25). The second kappa shape index (κ2) is 9.05. The van der Waals surface area contributed by atoms with Crippen molar-refractivity contribution in [2.75, 3.05) is 34.5 Å². The average Bonchev–Trinajstić information content (AvgIpc) is 3.19. The molecule has 3 rings (SSSR count). The maximum absolute atomic E-state index is 12.7. The fourth-order valence-electron chi connectivity index (χ4n) is 2.74. The zero-order valence-corrected chi connectivity index (χ0v) is 16.1. The van der Waals surface area contributed by atoms with E-state index in [0.717, 1.165) is 22.7 Å². The number of carbonyl (C=O) groups excluding carboxylic acids is 1. The molecular weight excluding hydrogens is 358 g/mol. The van der Waals surface area contributed by atoms with Crippen LogP contribution in [0.25, 0.3) is 16.9 Å². The van der Waals surface area contributed by atoms with Gasteiger partial charge in [0.2, 0.25) is 0 Å². The summed E-state index contributed by atoms with van der Waals surface area (Å²) in [6.45, 7) is 0.850. The number of rotatable bonds is 8. The normalized spacial score (nSPS) is 10.5. The molecule has 1 aromatic heterocycles. The lowest BCUT2D eigenvalue weighted by Gasteiger charge is -2.09. The predicted molar refractivity (Wildman–Crippen MR) is 106 cm³/mol. The third kappa shape index (κ3) is 4.32. The van der Waals surface area contributed by atoms with E-state index in [1.165, 1.54) is 0 Å². The van der Waals surface area contributed by atoms with E-state index in [0.29, 0.717) is 24.5 Å². The number of nitrogens with one attached hydrogen (secondary N) is 1. The van der Waals surface area contributed by atoms with Gasteiger partial charge in [-0.3, -0.25) is 4.79 Å². The lowest BCUT2D eigenvalue weighted by atomic mass is 10.1. The third-order valence-corrected chi connectivity index (χ3v) is 4.22. The summed E-state index contributed by atoms with van der Waals surface area (Å²) in [6.07, 6.45) is 0. The molecule has 7 nitrogen and oxygen atoms in total. The molecule has 3 aromatic rings. The Balaban J connectivity index is 2.01. The van der Waals surface area contributed by atoms with Gasteiger partial charge in [-0.1, -0.05) is 12.1 Å². The van der Waals surface area contributed by atoms with Crippen LogP contribution in [0, 0.1) is 0 Å². The summed E-state index contributed by atoms with van der Waals surface area (Å²) in [7, 11) is 4.82. The van der Waals surface area contributed by atoms with Gasteiger partial charge in [-0.15, -0.1) is 0 Å². The molecular formula is C21H23N3O4. The molecule has 0 spiro atoms. The van der Waals surface area contributed by atoms with Gasteiger partial charge in [-0.25, -0.2) is 4.68 Å². The van der Waals surface area contributed by atoms with Crippen molar-refractivity contribution < 1.29 is 19.0 Å². The summed E-state index contributed by atoms with van der Waals surface area (Å²) in [4.78, 5) is 12.7. The first kappa shape index (κ1) is 19.4. The smallest absolute Gasteiger partial charge is 0.270 e. The van der Waals surface area contributed by atoms with E-state index in [-0.39, 0.29) is 5.91 Å². The first-order valence-corrected chi connectivity index (χ1v) is 8.82. The van der Waals surface area contributed by atoms with E-state index in [4.69, 9.17) is 14.2 Å². The monoisotopic (exact) mass is 381 g/mol. The molecule has 1 N–H and O–H groups in total. The topological polar surface area (TPSA) is 74.6 Å². The number of carbonyl (C=O) groups is 1. The number of aromatic nitrogens is 2. The molecule has 28 heavy (non-hydrogen) atoms. The maximum Gasteiger partial charge on any atom is 0.270 e. The van der Waals surface area contributed by atoms with Gasteiger partial charge < -0.3 is 19.5 Å². The van der Waals surface area contributed by atoms with Gasteiger partial charge in [-0.2, -0.15) is 5.10 Å². The lowest BCUT2D eigenvalue weighted by molar-refractivity contribution is 0.0929. The minimum absolute atomic E-state index is 0.227. The van der Waals surface area contributed by atoms with Gasteiger partial charge >= 0.3 is 0 Å². The van der Waals surface area contributed by atoms with Crippen molar-refractivity contribution in [3.05, 3.63) is 60.3 Å². The molecule has 7 heteroatoms. The van der Waals surface area contributed by atoms with Crippen molar-refractivity contribution in [2.24, 2.45) is 0 Å². The van der Waals surface area contributed by atoms with Crippen LogP contribution in [0.3, 0.4) is 0 Å². The first-order chi connectivity index (χ1) is 13.7. The third-order valence-electron chi connectivity index (χ3n) is 4.22. The molecule has 0 unspecified atom stereocenters. The molecule has 2 aromatic carbocycles. The van der Waals surface area contributed by atoms with E-state index >= 15 is 0 Å². The summed E-state index contributed by atoms with van der Waals surface area (Å²) in [5.74, 6) is 1.23. The zero-order valence-electron chi connectivity index (χ0n) is 16.1. The summed E-state index contributed by atoms with van der Waals surface area (Å²) in [5, 5.41) is 7.50. The summed E-state index contributed by atoms with van der Waals surface area (Å²) in [5.41, 5.74) is 2.72. The number of ether oxygens (including phenoxy) is 3. The van der Waals surface area contributed by atoms with Crippen molar-refractivity contribution in [1.29, 1.82) is 0 Å². The highest BCUT2D eigenvalue weighted by Gasteiger charge is 2.18. The van der Waals surface area contributed by atoms with Gasteiger partial charge in [0.05, 0.1) is 32.2 Å². The molecule has 0 atom stereocenters. The minimum atomic E-state index is -0.227. The Morgan fingerprint density at radius 3 is 2.43 bits per heavy atom. The van der Waals surface area contributed by atoms with Crippen LogP contribution < -0.4 is 14.8 Å². The molecule has 146 valence electrons. The van der Waals surface area contributed by atoms with Gasteiger partial charge in [0.1, 0.15) is 17.2 Å². The quantitative estimate of drug-likeness (QED) is 0.607. The highest BCUT2D eigenvalue weighted by atomic mass is 16.5. The van der Waals surface area contributed by atoms with Gasteiger partial charge in [0, 0.05) is 19.2 Å². The number of benzene rings is 2. The highest BCUT2D eigenvalue weighted by molar-refractivity contribution is 5.94. The van der Waals surface area contributed by atoms with E-state index in [9.17, 15) is 4.79 Å². The van der Waals surface area contributed by atoms with Crippen LogP contribution in [-0.2, 0) is 4.74 Å². The summed E-state index contributed by atoms with van der Waals surface area (Å²) in [6, 6.07) is 16.7. The van der Waals surface area contributed by atoms with Crippen LogP contribution in [0.1, 0.15) is 10.5 Å². The molecule has 0 aliphatic carbocycles. The fraction of sp³-hybridized carbons (Fsp3) is 0.238. The molecule has 0 aliphatic rings. The zero-order chi connectivity index (χ0) is 19.9. The lowest BCUT2D eigenvalue weighted by Crippen LogP contribution is -2.28. The second-order valence-corrected chi connectivity index (χ2v) is 6.01. The maximum atomic E-state index is 12.7. The Morgan fingerprint density at radius 1 is 1.00 bits per heavy atom. The number of methoxy groups -OCH3 is 3. The van der Waals surface area contributed by atoms with E-state index in [2.05, 4.69) is 10.4 Å². The Kier molecular flexibility index (Phi) is 6.29. The van der Waals surface area contributed by atoms with Crippen molar-refractivity contribution in [2.45, 2.75) is 0 Å². The van der Waals surface area contributed by atoms with Crippen molar-refractivity contribution in [3.63, 3.8) is 0 Å². The minimum Gasteiger partial charge on any atom is -0.497 e. The molecule has 0 saturated carbocycles. The van der Waals surface area contributed by atoms with Crippen LogP contribution in [0.4, 0.5) is 0 Å². The van der Waals surface area contributed by atoms with Crippen LogP contribution in [0.15, 0.2) is 54.6 Å². The van der Waals surface area contributed by atoms with Gasteiger partial charge in [-0.05, 0) is 42.5 Å². The van der Waals surface area contributed by atoms with E-state index < -0.39 is 0 Å². The molecule has 0 fully saturated rings. The Morgan fingerprint density at radius 2 is 1.75 bits per heavy atom. The van der Waals surface area contributed by atoms with Crippen molar-refractivity contribution >= 4 is 5.91 Å². The largest absolute Gasteiger partial charge is 0.497 e. The number of amides is 1. The summed E-state index contributed by atoms with van der Waals surface area (Å²) < 4.78 is 17.1. The van der Waals surface area contributed by atoms with E-state index in [1.807, 2.05) is 48.5 Å². The average molecular weight is 381 g/mol. The molecule has 0 radical (unpaired) electrons. The highest BCUT2D eigenvalue weighted by Crippen LogP contribution is 2.25. The first-order valence-electron chi connectivity index (χ1n) is 8.82. The molecule has 0 saturated heterocycles. The molecule has 1 amide bonds. The SMILES string of the molecule is COCCNC(=O)c1cc(-c2cccc(OC)c2)nn1-c1ccc(OC)cc1. The molecule has 0 aliphatic heterocycles. The van der Waals surface area contributed by atoms with Crippen molar-refractivity contribution in [1.82, 2.24) is 15.1 Å². The molecule has 1 heterocycles. The number of nitrogens with zero attached hydrogens (tertiary/aromatic N) is 2. The van der Waals surface area contributed by atoms with Crippen LogP contribution in [-0.4, -0.2) is 50.2 Å².